The van der Waals surface area contributed by atoms with Crippen molar-refractivity contribution in [1.29, 1.82) is 0 Å². The molecule has 0 aliphatic carbocycles. The monoisotopic (exact) mass is 347 g/mol. The Kier molecular flexibility index (Phi) is 3.30. The normalized spacial score (nSPS) is 10.9. The van der Waals surface area contributed by atoms with Gasteiger partial charge in [-0.2, -0.15) is 0 Å². The van der Waals surface area contributed by atoms with Crippen molar-refractivity contribution < 1.29 is 9.90 Å². The van der Waals surface area contributed by atoms with Gasteiger partial charge in [0.2, 0.25) is 0 Å². The summed E-state index contributed by atoms with van der Waals surface area (Å²) in [5, 5.41) is 8.96. The maximum Gasteiger partial charge on any atom is 0.335 e. The molecule has 8 heteroatoms. The molecule has 0 saturated carbocycles. The van der Waals surface area contributed by atoms with Gasteiger partial charge in [-0.3, -0.25) is 0 Å². The van der Waals surface area contributed by atoms with Crippen LogP contribution in [-0.2, 0) is 6.54 Å². The minimum Gasteiger partial charge on any atom is -0.478 e. The van der Waals surface area contributed by atoms with Crippen LogP contribution in [0.25, 0.3) is 11.2 Å². The van der Waals surface area contributed by atoms with Crippen LogP contribution in [0.1, 0.15) is 15.9 Å². The van der Waals surface area contributed by atoms with Gasteiger partial charge in [0.05, 0.1) is 18.4 Å². The summed E-state index contributed by atoms with van der Waals surface area (Å²) in [7, 11) is 0. The van der Waals surface area contributed by atoms with E-state index in [2.05, 4.69) is 30.9 Å². The van der Waals surface area contributed by atoms with Crippen LogP contribution in [-0.4, -0.2) is 30.6 Å². The fourth-order valence-electron chi connectivity index (χ4n) is 2.01. The molecule has 3 N–H and O–H groups in total. The first-order chi connectivity index (χ1) is 10.1. The Balaban J connectivity index is 1.99. The number of halogens is 1. The number of imidazole rings is 1. The molecule has 7 nitrogen and oxygen atoms in total. The minimum atomic E-state index is -0.962. The number of fused-ring (bicyclic) bond motifs is 1. The maximum absolute atomic E-state index is 10.9. The highest BCUT2D eigenvalue weighted by Gasteiger charge is 2.11. The summed E-state index contributed by atoms with van der Waals surface area (Å²) < 4.78 is 2.54. The predicted octanol–water partition coefficient (Wildman–Crippen LogP) is 1.92. The molecule has 0 bridgehead atoms. The van der Waals surface area contributed by atoms with Gasteiger partial charge in [-0.15, -0.1) is 0 Å². The molecule has 0 radical (unpaired) electrons. The smallest absolute Gasteiger partial charge is 0.335 e. The first-order valence-electron chi connectivity index (χ1n) is 5.99. The zero-order chi connectivity index (χ0) is 15.0. The molecule has 2 heterocycles. The van der Waals surface area contributed by atoms with Crippen LogP contribution in [0.4, 0.5) is 5.82 Å². The minimum absolute atomic E-state index is 0.229. The second kappa shape index (κ2) is 5.13. The van der Waals surface area contributed by atoms with E-state index < -0.39 is 5.97 Å². The van der Waals surface area contributed by atoms with E-state index in [1.807, 2.05) is 4.57 Å². The van der Waals surface area contributed by atoms with E-state index in [1.54, 1.807) is 24.5 Å². The highest BCUT2D eigenvalue weighted by molar-refractivity contribution is 9.10. The van der Waals surface area contributed by atoms with Crippen molar-refractivity contribution in [2.75, 3.05) is 5.73 Å². The molecule has 0 atom stereocenters. The van der Waals surface area contributed by atoms with Crippen molar-refractivity contribution in [2.24, 2.45) is 0 Å². The number of nitrogens with two attached hydrogens (primary N) is 1. The molecule has 0 aliphatic heterocycles. The quantitative estimate of drug-likeness (QED) is 0.749. The predicted molar refractivity (Wildman–Crippen MR) is 79.9 cm³/mol. The summed E-state index contributed by atoms with van der Waals surface area (Å²) in [4.78, 5) is 23.2. The zero-order valence-corrected chi connectivity index (χ0v) is 12.3. The number of carbonyl (C=O) groups is 1. The number of benzene rings is 1. The molecule has 106 valence electrons. The van der Waals surface area contributed by atoms with E-state index in [9.17, 15) is 4.79 Å². The van der Waals surface area contributed by atoms with E-state index in [4.69, 9.17) is 10.8 Å². The van der Waals surface area contributed by atoms with E-state index in [0.29, 0.717) is 28.0 Å². The van der Waals surface area contributed by atoms with E-state index in [1.165, 1.54) is 6.33 Å². The van der Waals surface area contributed by atoms with Crippen LogP contribution >= 0.6 is 15.9 Å². The van der Waals surface area contributed by atoms with Crippen molar-refractivity contribution >= 4 is 38.9 Å². The van der Waals surface area contributed by atoms with Crippen molar-refractivity contribution in [3.63, 3.8) is 0 Å². The lowest BCUT2D eigenvalue weighted by molar-refractivity contribution is 0.0697. The van der Waals surface area contributed by atoms with Gasteiger partial charge in [-0.05, 0) is 17.7 Å². The Morgan fingerprint density at radius 1 is 1.33 bits per heavy atom. The van der Waals surface area contributed by atoms with Gasteiger partial charge < -0.3 is 15.4 Å². The highest BCUT2D eigenvalue weighted by Crippen LogP contribution is 2.22. The van der Waals surface area contributed by atoms with E-state index in [0.717, 1.165) is 5.56 Å². The van der Waals surface area contributed by atoms with Crippen LogP contribution < -0.4 is 5.73 Å². The Morgan fingerprint density at radius 3 is 2.86 bits per heavy atom. The Bertz CT molecular complexity index is 846. The molecule has 0 unspecified atom stereocenters. The van der Waals surface area contributed by atoms with Crippen molar-refractivity contribution in [2.45, 2.75) is 6.54 Å². The Labute approximate surface area is 127 Å². The number of hydrogen-bond donors (Lipinski definition) is 2. The van der Waals surface area contributed by atoms with Crippen LogP contribution in [0.2, 0.25) is 0 Å². The third-order valence-electron chi connectivity index (χ3n) is 3.07. The summed E-state index contributed by atoms with van der Waals surface area (Å²) >= 11 is 3.39. The first kappa shape index (κ1) is 13.5. The molecule has 1 aromatic carbocycles. The Hall–Kier alpha value is -2.48. The topological polar surface area (TPSA) is 107 Å². The standard InChI is InChI=1S/C13H10BrN5O2/c14-9-3-7(13(20)21)1-2-8(9)4-19-6-18-10-11(15)16-5-17-12(10)19/h1-3,5-6H,4H2,(H,20,21)(H2,15,16,17). The van der Waals surface area contributed by atoms with Gasteiger partial charge in [-0.1, -0.05) is 22.0 Å². The highest BCUT2D eigenvalue weighted by atomic mass is 79.9. The van der Waals surface area contributed by atoms with Gasteiger partial charge in [0.15, 0.2) is 11.5 Å². The number of anilines is 1. The van der Waals surface area contributed by atoms with Gasteiger partial charge in [0, 0.05) is 4.47 Å². The average Bonchev–Trinajstić information content (AvgIpc) is 2.85. The van der Waals surface area contributed by atoms with Crippen LogP contribution in [0.3, 0.4) is 0 Å². The number of nitrogens with zero attached hydrogens (tertiary/aromatic N) is 4. The number of aromatic carboxylic acids is 1. The van der Waals surface area contributed by atoms with Gasteiger partial charge >= 0.3 is 5.97 Å². The number of carboxylic acid groups (broad SMARTS) is 1. The largest absolute Gasteiger partial charge is 0.478 e. The second-order valence-corrected chi connectivity index (χ2v) is 5.27. The SMILES string of the molecule is Nc1ncnc2c1ncn2Cc1ccc(C(=O)O)cc1Br. The second-order valence-electron chi connectivity index (χ2n) is 4.41. The van der Waals surface area contributed by atoms with Crippen LogP contribution in [0.15, 0.2) is 35.3 Å². The summed E-state index contributed by atoms with van der Waals surface area (Å²) in [5.41, 5.74) is 8.07. The van der Waals surface area contributed by atoms with E-state index >= 15 is 0 Å². The van der Waals surface area contributed by atoms with Gasteiger partial charge in [0.25, 0.3) is 0 Å². The lowest BCUT2D eigenvalue weighted by Gasteiger charge is -2.07. The molecule has 0 amide bonds. The summed E-state index contributed by atoms with van der Waals surface area (Å²) in [6, 6.07) is 4.88. The summed E-state index contributed by atoms with van der Waals surface area (Å²) in [6.07, 6.45) is 3.02. The molecular formula is C13H10BrN5O2. The van der Waals surface area contributed by atoms with E-state index in [-0.39, 0.29) is 5.56 Å². The van der Waals surface area contributed by atoms with Crippen LogP contribution in [0.5, 0.6) is 0 Å². The molecule has 0 saturated heterocycles. The molecule has 3 rings (SSSR count). The fraction of sp³-hybridized carbons (Fsp3) is 0.0769. The number of nitrogen functional groups attached to an aromatic ring is 1. The first-order valence-corrected chi connectivity index (χ1v) is 6.78. The third-order valence-corrected chi connectivity index (χ3v) is 3.81. The number of rotatable bonds is 3. The van der Waals surface area contributed by atoms with Gasteiger partial charge in [0.1, 0.15) is 11.8 Å². The molecule has 0 aliphatic rings. The van der Waals surface area contributed by atoms with Crippen molar-refractivity contribution in [3.8, 4) is 0 Å². The van der Waals surface area contributed by atoms with Crippen molar-refractivity contribution in [3.05, 3.63) is 46.5 Å². The molecular weight excluding hydrogens is 338 g/mol. The lowest BCUT2D eigenvalue weighted by Crippen LogP contribution is -2.03. The lowest BCUT2D eigenvalue weighted by atomic mass is 10.1. The fourth-order valence-corrected chi connectivity index (χ4v) is 2.51. The molecule has 0 fully saturated rings. The molecule has 0 spiro atoms. The average molecular weight is 348 g/mol. The summed E-state index contributed by atoms with van der Waals surface area (Å²) in [6.45, 7) is 0.493. The third kappa shape index (κ3) is 2.45. The van der Waals surface area contributed by atoms with Crippen LogP contribution in [0, 0.1) is 0 Å². The number of hydrogen-bond acceptors (Lipinski definition) is 5. The number of aromatic nitrogens is 4. The zero-order valence-electron chi connectivity index (χ0n) is 10.7. The molecule has 2 aromatic heterocycles. The van der Waals surface area contributed by atoms with Crippen molar-refractivity contribution in [1.82, 2.24) is 19.5 Å². The molecule has 21 heavy (non-hydrogen) atoms. The number of carboxylic acids is 1. The maximum atomic E-state index is 10.9. The molecule has 3 aromatic rings. The Morgan fingerprint density at radius 2 is 2.14 bits per heavy atom. The summed E-state index contributed by atoms with van der Waals surface area (Å²) in [5.74, 6) is -0.630. The van der Waals surface area contributed by atoms with Gasteiger partial charge in [-0.25, -0.2) is 19.7 Å².